The van der Waals surface area contributed by atoms with Crippen molar-refractivity contribution in [3.8, 4) is 5.75 Å². The van der Waals surface area contributed by atoms with E-state index in [0.29, 0.717) is 22.4 Å². The van der Waals surface area contributed by atoms with E-state index in [1.165, 1.54) is 33.1 Å². The zero-order valence-corrected chi connectivity index (χ0v) is 44.6. The number of methoxy groups -OCH3 is 1. The fourth-order valence-corrected chi connectivity index (χ4v) is 7.48. The number of hydrogen-bond donors (Lipinski definition) is 4. The number of benzene rings is 2. The van der Waals surface area contributed by atoms with E-state index in [-0.39, 0.29) is 43.4 Å². The van der Waals surface area contributed by atoms with E-state index in [2.05, 4.69) is 21.3 Å². The van der Waals surface area contributed by atoms with Gasteiger partial charge in [0.15, 0.2) is 6.10 Å². The SMILES string of the molecule is COc1ccc(C[C@H]2NC(=O)/C=C/C[C@@H]([C@H](C)[C@@H](OC(=O)CNC(=O)OC(C)(C)C)[C@@H](Cl)c3ccc(COC(=O)CNC(=O)OC(C)(C)C)cc3)OC(=O)[C@H](CC(C)C)OC(=O)C(C)(C)CNC2=O)cc1Cl. The summed E-state index contributed by atoms with van der Waals surface area (Å²) in [6.07, 6.45) is -3.19. The Morgan fingerprint density at radius 3 is 1.99 bits per heavy atom. The van der Waals surface area contributed by atoms with Gasteiger partial charge in [-0.15, -0.1) is 11.6 Å². The van der Waals surface area contributed by atoms with Gasteiger partial charge in [0.05, 0.1) is 22.9 Å². The number of ether oxygens (including phenoxy) is 7. The molecule has 72 heavy (non-hydrogen) atoms. The molecule has 2 aromatic rings. The third-order valence-electron chi connectivity index (χ3n) is 10.6. The number of esters is 4. The molecule has 3 rings (SSSR count). The highest BCUT2D eigenvalue weighted by Gasteiger charge is 2.40. The molecule has 19 nitrogen and oxygen atoms in total. The normalized spacial score (nSPS) is 19.7. The molecule has 6 atom stereocenters. The average Bonchev–Trinajstić information content (AvgIpc) is 3.27. The maximum atomic E-state index is 14.2. The molecule has 2 aromatic carbocycles. The molecule has 398 valence electrons. The summed E-state index contributed by atoms with van der Waals surface area (Å²) in [6, 6.07) is 10.2. The summed E-state index contributed by atoms with van der Waals surface area (Å²) in [5, 5.41) is 9.26. The van der Waals surface area contributed by atoms with Crippen LogP contribution in [-0.4, -0.2) is 110 Å². The van der Waals surface area contributed by atoms with E-state index < -0.39 is 113 Å². The number of carbonyl (C=O) groups is 8. The first-order valence-corrected chi connectivity index (χ1v) is 24.3. The summed E-state index contributed by atoms with van der Waals surface area (Å²) in [5.41, 5.74) is -1.47. The van der Waals surface area contributed by atoms with Gasteiger partial charge in [-0.2, -0.15) is 0 Å². The van der Waals surface area contributed by atoms with Crippen molar-refractivity contribution in [1.82, 2.24) is 21.3 Å². The highest BCUT2D eigenvalue weighted by molar-refractivity contribution is 6.32. The molecule has 0 aromatic heterocycles. The van der Waals surface area contributed by atoms with Gasteiger partial charge < -0.3 is 54.4 Å². The summed E-state index contributed by atoms with van der Waals surface area (Å²) in [5.74, 6) is -5.45. The molecule has 21 heteroatoms. The van der Waals surface area contributed by atoms with Gasteiger partial charge >= 0.3 is 36.1 Å². The van der Waals surface area contributed by atoms with E-state index in [1.54, 1.807) is 90.9 Å². The minimum Gasteiger partial charge on any atom is -0.495 e. The van der Waals surface area contributed by atoms with Crippen LogP contribution in [0.5, 0.6) is 5.75 Å². The fraction of sp³-hybridized carbons (Fsp3) is 0.569. The van der Waals surface area contributed by atoms with Gasteiger partial charge in [0.25, 0.3) is 0 Å². The summed E-state index contributed by atoms with van der Waals surface area (Å²) >= 11 is 13.6. The smallest absolute Gasteiger partial charge is 0.408 e. The lowest BCUT2D eigenvalue weighted by atomic mass is 9.90. The predicted octanol–water partition coefficient (Wildman–Crippen LogP) is 6.97. The molecule has 0 aliphatic carbocycles. The van der Waals surface area contributed by atoms with Crippen LogP contribution in [0.4, 0.5) is 9.59 Å². The zero-order chi connectivity index (χ0) is 54.1. The van der Waals surface area contributed by atoms with Crippen LogP contribution in [0.3, 0.4) is 0 Å². The molecular formula is C51H70Cl2N4O15. The summed E-state index contributed by atoms with van der Waals surface area (Å²) in [4.78, 5) is 106. The Balaban J connectivity index is 2.03. The van der Waals surface area contributed by atoms with Gasteiger partial charge in [-0.05, 0) is 103 Å². The summed E-state index contributed by atoms with van der Waals surface area (Å²) in [6.45, 7) is 16.8. The minimum absolute atomic E-state index is 0.000137. The molecule has 1 aliphatic heterocycles. The van der Waals surface area contributed by atoms with Gasteiger partial charge in [-0.3, -0.25) is 24.0 Å². The van der Waals surface area contributed by atoms with Crippen molar-refractivity contribution in [2.24, 2.45) is 17.3 Å². The first-order valence-electron chi connectivity index (χ1n) is 23.5. The maximum Gasteiger partial charge on any atom is 0.408 e. The lowest BCUT2D eigenvalue weighted by Crippen LogP contribution is -2.51. The van der Waals surface area contributed by atoms with Crippen LogP contribution in [0.25, 0.3) is 0 Å². The molecule has 0 saturated carbocycles. The van der Waals surface area contributed by atoms with Gasteiger partial charge in [0.1, 0.15) is 54.9 Å². The van der Waals surface area contributed by atoms with Crippen molar-refractivity contribution in [1.29, 1.82) is 0 Å². The van der Waals surface area contributed by atoms with Gasteiger partial charge in [-0.1, -0.05) is 68.8 Å². The standard InChI is InChI=1S/C51H70Cl2N4O15/c1-29(2)22-38-45(62)68-36(14-13-15-39(58)57-35(24-32-18-21-37(66-12)34(52)23-32)44(61)56-28-51(10,11)46(63)69-38)30(3)43(70-41(60)26-55-48(65)72-50(7,8)9)42(53)33-19-16-31(17-20-33)27-67-40(59)25-54-47(64)71-49(4,5)6/h13,15-21,23,29-30,35-36,38,42-43H,14,22,24-28H2,1-12H3,(H,54,64)(H,55,65)(H,56,61)(H,57,58)/b15-13+/t30-,35+,36-,38-,42-,43+/m0/s1. The van der Waals surface area contributed by atoms with E-state index >= 15 is 0 Å². The number of nitrogens with one attached hydrogen (secondary N) is 4. The molecule has 0 spiro atoms. The lowest BCUT2D eigenvalue weighted by Gasteiger charge is -2.34. The number of amides is 4. The molecule has 0 unspecified atom stereocenters. The Labute approximate surface area is 431 Å². The zero-order valence-electron chi connectivity index (χ0n) is 43.1. The summed E-state index contributed by atoms with van der Waals surface area (Å²) < 4.78 is 38.9. The molecule has 4 N–H and O–H groups in total. The van der Waals surface area contributed by atoms with Crippen LogP contribution in [0.1, 0.15) is 111 Å². The van der Waals surface area contributed by atoms with Crippen LogP contribution in [0, 0.1) is 17.3 Å². The van der Waals surface area contributed by atoms with Crippen molar-refractivity contribution in [2.75, 3.05) is 26.7 Å². The van der Waals surface area contributed by atoms with Gasteiger partial charge in [0, 0.05) is 25.3 Å². The van der Waals surface area contributed by atoms with Crippen LogP contribution in [-0.2, 0) is 70.2 Å². The van der Waals surface area contributed by atoms with E-state index in [0.717, 1.165) is 0 Å². The number of cyclic esters (lactones) is 2. The quantitative estimate of drug-likeness (QED) is 0.0753. The molecule has 0 radical (unpaired) electrons. The summed E-state index contributed by atoms with van der Waals surface area (Å²) in [7, 11) is 1.46. The molecule has 4 amide bonds. The minimum atomic E-state index is -1.42. The van der Waals surface area contributed by atoms with Crippen molar-refractivity contribution < 1.29 is 71.5 Å². The first-order chi connectivity index (χ1) is 33.5. The molecule has 0 fully saturated rings. The van der Waals surface area contributed by atoms with Crippen LogP contribution >= 0.6 is 23.2 Å². The number of alkyl halides is 1. The van der Waals surface area contributed by atoms with Crippen molar-refractivity contribution >= 4 is 71.1 Å². The fourth-order valence-electron chi connectivity index (χ4n) is 6.78. The first kappa shape index (κ1) is 60.2. The molecule has 0 saturated heterocycles. The molecular weight excluding hydrogens is 979 g/mol. The lowest BCUT2D eigenvalue weighted by molar-refractivity contribution is -0.181. The Kier molecular flexibility index (Phi) is 22.7. The Hall–Kier alpha value is -6.08. The molecule has 1 aliphatic rings. The molecule has 1 heterocycles. The molecule has 0 bridgehead atoms. The van der Waals surface area contributed by atoms with E-state index in [1.807, 2.05) is 13.8 Å². The number of hydrogen-bond acceptors (Lipinski definition) is 15. The average molecular weight is 1050 g/mol. The third kappa shape index (κ3) is 20.9. The highest BCUT2D eigenvalue weighted by atomic mass is 35.5. The second-order valence-corrected chi connectivity index (χ2v) is 21.2. The number of rotatable bonds is 16. The topological polar surface area (TPSA) is 249 Å². The van der Waals surface area contributed by atoms with Crippen LogP contribution < -0.4 is 26.0 Å². The van der Waals surface area contributed by atoms with E-state index in [9.17, 15) is 38.4 Å². The van der Waals surface area contributed by atoms with Crippen molar-refractivity contribution in [2.45, 2.75) is 143 Å². The van der Waals surface area contributed by atoms with Gasteiger partial charge in [0.2, 0.25) is 11.8 Å². The Morgan fingerprint density at radius 2 is 1.43 bits per heavy atom. The largest absolute Gasteiger partial charge is 0.495 e. The Morgan fingerprint density at radius 1 is 0.847 bits per heavy atom. The highest BCUT2D eigenvalue weighted by Crippen LogP contribution is 2.35. The number of alkyl carbamates (subject to hydrolysis) is 2. The monoisotopic (exact) mass is 1050 g/mol. The van der Waals surface area contributed by atoms with Gasteiger partial charge in [-0.25, -0.2) is 14.4 Å². The Bertz CT molecular complexity index is 2260. The van der Waals surface area contributed by atoms with Crippen molar-refractivity contribution in [3.05, 3.63) is 76.3 Å². The third-order valence-corrected chi connectivity index (χ3v) is 11.4. The number of carbonyl (C=O) groups excluding carboxylic acids is 8. The van der Waals surface area contributed by atoms with Crippen molar-refractivity contribution in [3.63, 3.8) is 0 Å². The van der Waals surface area contributed by atoms with Crippen LogP contribution in [0.2, 0.25) is 5.02 Å². The second kappa shape index (κ2) is 27.1. The van der Waals surface area contributed by atoms with E-state index in [4.69, 9.17) is 56.4 Å². The second-order valence-electron chi connectivity index (χ2n) is 20.3. The predicted molar refractivity (Wildman–Crippen MR) is 266 cm³/mol. The van der Waals surface area contributed by atoms with Crippen LogP contribution in [0.15, 0.2) is 54.6 Å². The maximum absolute atomic E-state index is 14.2. The number of halogens is 2.